The number of nitrogens with one attached hydrogen (secondary N) is 4. The van der Waals surface area contributed by atoms with Crippen molar-refractivity contribution in [3.8, 4) is 0 Å². The number of fused-ring (bicyclic) bond motifs is 2. The number of aliphatic imine (C=N–C) groups is 2. The standard InChI is InChI=1S/2C21H16N4O2/c26-20(15-9-6-12-22-13-15)25-19-21(27)23-17-11-5-4-10-16(17)18(24-19)14-7-2-1-3-8-14;26-20(15-10-12-22-13-11-15)25-19-21(27)23-17-9-5-4-8-16(17)18(24-19)14-6-2-1-3-7-14/h2*1-13,19H,(H,23,27)(H,25,26). The molecule has 6 aromatic rings. The first-order chi connectivity index (χ1) is 26.4. The Hall–Kier alpha value is -7.60. The van der Waals surface area contributed by atoms with Crippen LogP contribution >= 0.6 is 0 Å². The van der Waals surface area contributed by atoms with Gasteiger partial charge in [-0.25, -0.2) is 9.98 Å². The largest absolute Gasteiger partial charge is 0.322 e. The summed E-state index contributed by atoms with van der Waals surface area (Å²) in [6.45, 7) is 0. The topological polar surface area (TPSA) is 167 Å². The molecule has 0 radical (unpaired) electrons. The molecule has 12 heteroatoms. The Morgan fingerprint density at radius 1 is 0.481 bits per heavy atom. The number of amides is 4. The fraction of sp³-hybridized carbons (Fsp3) is 0.0476. The van der Waals surface area contributed by atoms with Crippen molar-refractivity contribution in [3.05, 3.63) is 192 Å². The smallest absolute Gasteiger partial charge is 0.269 e. The highest BCUT2D eigenvalue weighted by Gasteiger charge is 2.28. The van der Waals surface area contributed by atoms with E-state index in [1.165, 1.54) is 18.6 Å². The van der Waals surface area contributed by atoms with Crippen LogP contribution in [0.3, 0.4) is 0 Å². The number of aromatic nitrogens is 2. The molecule has 2 aliphatic rings. The molecule has 0 saturated carbocycles. The monoisotopic (exact) mass is 712 g/mol. The number of para-hydroxylation sites is 2. The minimum atomic E-state index is -1.06. The molecule has 0 bridgehead atoms. The molecule has 2 aromatic heterocycles. The number of rotatable bonds is 6. The SMILES string of the molecule is O=C(NC1N=C(c2ccccc2)c2ccccc2NC1=O)c1cccnc1.O=C(NC1N=C(c2ccccc2)c2ccccc2NC1=O)c1ccncc1. The van der Waals surface area contributed by atoms with Gasteiger partial charge >= 0.3 is 0 Å². The maximum atomic E-state index is 12.7. The molecule has 2 atom stereocenters. The van der Waals surface area contributed by atoms with E-state index in [4.69, 9.17) is 0 Å². The van der Waals surface area contributed by atoms with Crippen LogP contribution in [0.4, 0.5) is 11.4 Å². The van der Waals surface area contributed by atoms with Crippen molar-refractivity contribution in [1.29, 1.82) is 0 Å². The first-order valence-electron chi connectivity index (χ1n) is 16.9. The molecule has 0 aliphatic carbocycles. The molecule has 4 heterocycles. The van der Waals surface area contributed by atoms with Gasteiger partial charge in [-0.15, -0.1) is 0 Å². The third kappa shape index (κ3) is 7.98. The van der Waals surface area contributed by atoms with Gasteiger partial charge in [-0.3, -0.25) is 29.1 Å². The second-order valence-corrected chi connectivity index (χ2v) is 12.0. The first-order valence-corrected chi connectivity index (χ1v) is 16.9. The molecule has 12 nitrogen and oxygen atoms in total. The molecular weight excluding hydrogens is 681 g/mol. The number of hydrogen-bond donors (Lipinski definition) is 4. The zero-order chi connectivity index (χ0) is 37.3. The number of nitrogens with zero attached hydrogens (tertiary/aromatic N) is 4. The summed E-state index contributed by atoms with van der Waals surface area (Å²) in [6.07, 6.45) is 3.97. The molecule has 54 heavy (non-hydrogen) atoms. The van der Waals surface area contributed by atoms with Gasteiger partial charge in [-0.05, 0) is 36.4 Å². The molecule has 8 rings (SSSR count). The van der Waals surface area contributed by atoms with E-state index in [1.54, 1.807) is 30.5 Å². The summed E-state index contributed by atoms with van der Waals surface area (Å²) in [7, 11) is 0. The summed E-state index contributed by atoms with van der Waals surface area (Å²) in [5.74, 6) is -1.59. The zero-order valence-corrected chi connectivity index (χ0v) is 28.6. The van der Waals surface area contributed by atoms with E-state index < -0.39 is 30.1 Å². The van der Waals surface area contributed by atoms with E-state index in [0.717, 1.165) is 22.3 Å². The number of pyridine rings is 2. The van der Waals surface area contributed by atoms with Gasteiger partial charge in [0, 0.05) is 52.6 Å². The molecule has 0 fully saturated rings. The lowest BCUT2D eigenvalue weighted by Gasteiger charge is -2.13. The molecule has 0 saturated heterocycles. The number of carbonyl (C=O) groups excluding carboxylic acids is 4. The van der Waals surface area contributed by atoms with Gasteiger partial charge in [0.25, 0.3) is 23.6 Å². The predicted octanol–water partition coefficient (Wildman–Crippen LogP) is 5.25. The second-order valence-electron chi connectivity index (χ2n) is 12.0. The van der Waals surface area contributed by atoms with Crippen molar-refractivity contribution in [2.75, 3.05) is 10.6 Å². The summed E-state index contributed by atoms with van der Waals surface area (Å²) >= 11 is 0. The van der Waals surface area contributed by atoms with Crippen molar-refractivity contribution in [2.45, 2.75) is 12.3 Å². The van der Waals surface area contributed by atoms with Gasteiger partial charge in [0.2, 0.25) is 12.3 Å². The highest BCUT2D eigenvalue weighted by molar-refractivity contribution is 6.21. The minimum Gasteiger partial charge on any atom is -0.322 e. The average Bonchev–Trinajstić information content (AvgIpc) is 3.46. The predicted molar refractivity (Wildman–Crippen MR) is 205 cm³/mol. The van der Waals surface area contributed by atoms with E-state index >= 15 is 0 Å². The number of hydrogen-bond acceptors (Lipinski definition) is 8. The van der Waals surface area contributed by atoms with E-state index in [9.17, 15) is 19.2 Å². The fourth-order valence-electron chi connectivity index (χ4n) is 5.78. The summed E-state index contributed by atoms with van der Waals surface area (Å²) in [5.41, 5.74) is 6.71. The third-order valence-electron chi connectivity index (χ3n) is 8.39. The first kappa shape index (κ1) is 34.8. The minimum absolute atomic E-state index is 0.364. The van der Waals surface area contributed by atoms with Gasteiger partial charge in [-0.1, -0.05) is 97.1 Å². The van der Waals surface area contributed by atoms with Gasteiger partial charge in [0.1, 0.15) is 0 Å². The summed E-state index contributed by atoms with van der Waals surface area (Å²) in [4.78, 5) is 67.3. The van der Waals surface area contributed by atoms with Crippen LogP contribution in [0.25, 0.3) is 0 Å². The summed E-state index contributed by atoms with van der Waals surface area (Å²) in [6, 6.07) is 40.5. The number of anilines is 2. The Kier molecular flexibility index (Phi) is 10.4. The number of carbonyl (C=O) groups is 4. The molecular formula is C42H32N8O4. The third-order valence-corrected chi connectivity index (χ3v) is 8.39. The molecule has 2 unspecified atom stereocenters. The Balaban J connectivity index is 0.000000167. The van der Waals surface area contributed by atoms with E-state index in [2.05, 4.69) is 41.2 Å². The van der Waals surface area contributed by atoms with Crippen LogP contribution in [0.2, 0.25) is 0 Å². The lowest BCUT2D eigenvalue weighted by Crippen LogP contribution is -2.42. The fourth-order valence-corrected chi connectivity index (χ4v) is 5.78. The van der Waals surface area contributed by atoms with Crippen LogP contribution < -0.4 is 21.3 Å². The molecule has 4 amide bonds. The lowest BCUT2D eigenvalue weighted by atomic mass is 10.0. The van der Waals surface area contributed by atoms with Crippen LogP contribution in [-0.4, -0.2) is 57.4 Å². The van der Waals surface area contributed by atoms with Gasteiger partial charge in [0.15, 0.2) is 0 Å². The van der Waals surface area contributed by atoms with E-state index in [-0.39, 0.29) is 5.91 Å². The molecule has 4 aromatic carbocycles. The van der Waals surface area contributed by atoms with Crippen LogP contribution in [0.5, 0.6) is 0 Å². The highest BCUT2D eigenvalue weighted by Crippen LogP contribution is 2.25. The summed E-state index contributed by atoms with van der Waals surface area (Å²) < 4.78 is 0. The lowest BCUT2D eigenvalue weighted by molar-refractivity contribution is -0.118. The van der Waals surface area contributed by atoms with Crippen molar-refractivity contribution in [1.82, 2.24) is 20.6 Å². The maximum Gasteiger partial charge on any atom is 0.269 e. The molecule has 0 spiro atoms. The second kappa shape index (κ2) is 16.2. The van der Waals surface area contributed by atoms with Crippen molar-refractivity contribution in [3.63, 3.8) is 0 Å². The molecule has 2 aliphatic heterocycles. The van der Waals surface area contributed by atoms with Gasteiger partial charge in [-0.2, -0.15) is 0 Å². The van der Waals surface area contributed by atoms with Crippen molar-refractivity contribution < 1.29 is 19.2 Å². The number of benzene rings is 4. The zero-order valence-electron chi connectivity index (χ0n) is 28.6. The van der Waals surface area contributed by atoms with Crippen molar-refractivity contribution >= 4 is 46.4 Å². The highest BCUT2D eigenvalue weighted by atomic mass is 16.2. The average molecular weight is 713 g/mol. The molecule has 264 valence electrons. The van der Waals surface area contributed by atoms with E-state index in [1.807, 2.05) is 109 Å². The van der Waals surface area contributed by atoms with Crippen LogP contribution in [0.1, 0.15) is 43.0 Å². The Morgan fingerprint density at radius 2 is 0.944 bits per heavy atom. The molecule has 4 N–H and O–H groups in total. The van der Waals surface area contributed by atoms with E-state index in [0.29, 0.717) is 33.9 Å². The van der Waals surface area contributed by atoms with Gasteiger partial charge in [0.05, 0.1) is 28.4 Å². The normalized spacial score (nSPS) is 15.8. The Labute approximate surface area is 310 Å². The van der Waals surface area contributed by atoms with Crippen LogP contribution in [0, 0.1) is 0 Å². The van der Waals surface area contributed by atoms with Crippen LogP contribution in [-0.2, 0) is 9.59 Å². The van der Waals surface area contributed by atoms with Gasteiger partial charge < -0.3 is 21.3 Å². The maximum absolute atomic E-state index is 12.7. The van der Waals surface area contributed by atoms with Crippen molar-refractivity contribution in [2.24, 2.45) is 9.98 Å². The number of benzodiazepines with no additional fused rings is 2. The summed E-state index contributed by atoms with van der Waals surface area (Å²) in [5, 5.41) is 11.1. The Morgan fingerprint density at radius 3 is 1.43 bits per heavy atom. The van der Waals surface area contributed by atoms with Crippen LogP contribution in [0.15, 0.2) is 168 Å². The Bertz CT molecular complexity index is 2200. The quantitative estimate of drug-likeness (QED) is 0.184.